The average Bonchev–Trinajstić information content (AvgIpc) is 2.99. The molecule has 3 rings (SSSR count). The van der Waals surface area contributed by atoms with Crippen LogP contribution in [0, 0.1) is 0 Å². The minimum Gasteiger partial charge on any atom is -0.351 e. The van der Waals surface area contributed by atoms with Crippen LogP contribution >= 0.6 is 0 Å². The number of amides is 2. The monoisotopic (exact) mass is 385 g/mol. The SMILES string of the molecule is CCCCN(C)CCCN1C(=O)c2ccccc2C1C(=O)NC1CCCCC1. The Bertz CT molecular complexity index is 670. The normalized spacial score (nSPS) is 19.9. The molecular formula is C23H35N3O2. The number of carbonyl (C=O) groups excluding carboxylic acids is 2. The topological polar surface area (TPSA) is 52.7 Å². The Morgan fingerprint density at radius 2 is 1.86 bits per heavy atom. The molecule has 1 heterocycles. The smallest absolute Gasteiger partial charge is 0.255 e. The van der Waals surface area contributed by atoms with Gasteiger partial charge in [0.15, 0.2) is 0 Å². The Balaban J connectivity index is 1.66. The summed E-state index contributed by atoms with van der Waals surface area (Å²) in [5.41, 5.74) is 1.55. The van der Waals surface area contributed by atoms with Crippen LogP contribution < -0.4 is 5.32 Å². The van der Waals surface area contributed by atoms with E-state index in [1.54, 1.807) is 4.90 Å². The zero-order chi connectivity index (χ0) is 19.9. The van der Waals surface area contributed by atoms with E-state index in [9.17, 15) is 9.59 Å². The number of nitrogens with zero attached hydrogens (tertiary/aromatic N) is 2. The predicted molar refractivity (Wildman–Crippen MR) is 112 cm³/mol. The molecule has 0 saturated heterocycles. The summed E-state index contributed by atoms with van der Waals surface area (Å²) in [5, 5.41) is 3.24. The first-order valence-electron chi connectivity index (χ1n) is 11.0. The molecule has 1 aromatic rings. The number of fused-ring (bicyclic) bond motifs is 1. The maximum atomic E-state index is 13.2. The van der Waals surface area contributed by atoms with Gasteiger partial charge in [0.25, 0.3) is 5.91 Å². The van der Waals surface area contributed by atoms with Crippen molar-refractivity contribution in [3.8, 4) is 0 Å². The molecule has 1 aliphatic heterocycles. The summed E-state index contributed by atoms with van der Waals surface area (Å²) < 4.78 is 0. The van der Waals surface area contributed by atoms with Crippen LogP contribution in [0.1, 0.15) is 80.3 Å². The zero-order valence-corrected chi connectivity index (χ0v) is 17.5. The van der Waals surface area contributed by atoms with E-state index in [2.05, 4.69) is 24.2 Å². The van der Waals surface area contributed by atoms with Gasteiger partial charge in [0, 0.05) is 18.2 Å². The van der Waals surface area contributed by atoms with E-state index < -0.39 is 6.04 Å². The van der Waals surface area contributed by atoms with Gasteiger partial charge in [-0.3, -0.25) is 9.59 Å². The molecule has 1 aromatic carbocycles. The fourth-order valence-electron chi connectivity index (χ4n) is 4.46. The van der Waals surface area contributed by atoms with Crippen molar-refractivity contribution in [3.05, 3.63) is 35.4 Å². The Hall–Kier alpha value is -1.88. The number of rotatable bonds is 9. The van der Waals surface area contributed by atoms with Crippen LogP contribution in [0.5, 0.6) is 0 Å². The first kappa shape index (κ1) is 20.8. The summed E-state index contributed by atoms with van der Waals surface area (Å²) >= 11 is 0. The molecular weight excluding hydrogens is 350 g/mol. The zero-order valence-electron chi connectivity index (χ0n) is 17.5. The minimum absolute atomic E-state index is 0.00407. The van der Waals surface area contributed by atoms with E-state index in [1.807, 2.05) is 24.3 Å². The summed E-state index contributed by atoms with van der Waals surface area (Å²) in [7, 11) is 2.13. The predicted octanol–water partition coefficient (Wildman–Crippen LogP) is 3.75. The lowest BCUT2D eigenvalue weighted by Crippen LogP contribution is -2.44. The molecule has 28 heavy (non-hydrogen) atoms. The third-order valence-electron chi connectivity index (χ3n) is 6.09. The number of hydrogen-bond acceptors (Lipinski definition) is 3. The van der Waals surface area contributed by atoms with Crippen LogP contribution in [0.3, 0.4) is 0 Å². The standard InChI is InChI=1S/C23H35N3O2/c1-3-4-15-25(2)16-10-17-26-21(19-13-8-9-14-20(19)23(26)28)22(27)24-18-11-6-5-7-12-18/h8-9,13-14,18,21H,3-7,10-12,15-17H2,1-2H3,(H,24,27). The van der Waals surface area contributed by atoms with Gasteiger partial charge < -0.3 is 15.1 Å². The number of hydrogen-bond donors (Lipinski definition) is 1. The van der Waals surface area contributed by atoms with Crippen LogP contribution in [-0.4, -0.2) is 54.3 Å². The molecule has 1 N–H and O–H groups in total. The van der Waals surface area contributed by atoms with E-state index in [-0.39, 0.29) is 17.9 Å². The molecule has 1 fully saturated rings. The quantitative estimate of drug-likeness (QED) is 0.704. The first-order valence-corrected chi connectivity index (χ1v) is 11.0. The van der Waals surface area contributed by atoms with Crippen molar-refractivity contribution in [3.63, 3.8) is 0 Å². The van der Waals surface area contributed by atoms with Crippen LogP contribution in [-0.2, 0) is 4.79 Å². The van der Waals surface area contributed by atoms with Crippen molar-refractivity contribution in [2.24, 2.45) is 0 Å². The maximum Gasteiger partial charge on any atom is 0.255 e. The molecule has 1 unspecified atom stereocenters. The van der Waals surface area contributed by atoms with Crippen LogP contribution in [0.4, 0.5) is 0 Å². The van der Waals surface area contributed by atoms with Gasteiger partial charge in [0.05, 0.1) is 0 Å². The fraction of sp³-hybridized carbons (Fsp3) is 0.652. The lowest BCUT2D eigenvalue weighted by Gasteiger charge is -2.29. The van der Waals surface area contributed by atoms with Crippen LogP contribution in [0.2, 0.25) is 0 Å². The molecule has 154 valence electrons. The van der Waals surface area contributed by atoms with Crippen molar-refractivity contribution >= 4 is 11.8 Å². The Labute approximate surface area is 169 Å². The Kier molecular flexibility index (Phi) is 7.49. The molecule has 2 aliphatic rings. The highest BCUT2D eigenvalue weighted by Gasteiger charge is 2.41. The summed E-state index contributed by atoms with van der Waals surface area (Å²) in [4.78, 5) is 30.2. The molecule has 0 aromatic heterocycles. The number of nitrogens with one attached hydrogen (secondary N) is 1. The van der Waals surface area contributed by atoms with Gasteiger partial charge in [0.1, 0.15) is 6.04 Å². The molecule has 0 spiro atoms. The van der Waals surface area contributed by atoms with Crippen molar-refractivity contribution in [2.45, 2.75) is 70.4 Å². The highest BCUT2D eigenvalue weighted by molar-refractivity contribution is 6.04. The van der Waals surface area contributed by atoms with E-state index in [0.29, 0.717) is 12.1 Å². The third-order valence-corrected chi connectivity index (χ3v) is 6.09. The highest BCUT2D eigenvalue weighted by Crippen LogP contribution is 2.34. The van der Waals surface area contributed by atoms with Crippen LogP contribution in [0.25, 0.3) is 0 Å². The lowest BCUT2D eigenvalue weighted by molar-refractivity contribution is -0.126. The maximum absolute atomic E-state index is 13.2. The summed E-state index contributed by atoms with van der Waals surface area (Å²) in [6.07, 6.45) is 8.98. The van der Waals surface area contributed by atoms with Gasteiger partial charge in [-0.2, -0.15) is 0 Å². The molecule has 0 bridgehead atoms. The highest BCUT2D eigenvalue weighted by atomic mass is 16.2. The lowest BCUT2D eigenvalue weighted by atomic mass is 9.95. The Morgan fingerprint density at radius 3 is 2.61 bits per heavy atom. The van der Waals surface area contributed by atoms with E-state index in [1.165, 1.54) is 32.1 Å². The molecule has 1 aliphatic carbocycles. The van der Waals surface area contributed by atoms with Gasteiger partial charge in [-0.25, -0.2) is 0 Å². The van der Waals surface area contributed by atoms with Crippen molar-refractivity contribution in [1.82, 2.24) is 15.1 Å². The van der Waals surface area contributed by atoms with Crippen molar-refractivity contribution in [1.29, 1.82) is 0 Å². The van der Waals surface area contributed by atoms with Crippen molar-refractivity contribution in [2.75, 3.05) is 26.7 Å². The largest absolute Gasteiger partial charge is 0.351 e. The van der Waals surface area contributed by atoms with Crippen LogP contribution in [0.15, 0.2) is 24.3 Å². The van der Waals surface area contributed by atoms with Gasteiger partial charge in [-0.15, -0.1) is 0 Å². The van der Waals surface area contributed by atoms with E-state index >= 15 is 0 Å². The van der Waals surface area contributed by atoms with E-state index in [4.69, 9.17) is 0 Å². The average molecular weight is 386 g/mol. The number of carbonyl (C=O) groups is 2. The molecule has 5 heteroatoms. The summed E-state index contributed by atoms with van der Waals surface area (Å²) in [6.45, 7) is 4.84. The first-order chi connectivity index (χ1) is 13.6. The van der Waals surface area contributed by atoms with Gasteiger partial charge in [-0.05, 0) is 57.5 Å². The molecule has 0 radical (unpaired) electrons. The molecule has 2 amide bonds. The fourth-order valence-corrected chi connectivity index (χ4v) is 4.46. The van der Waals surface area contributed by atoms with Crippen molar-refractivity contribution < 1.29 is 9.59 Å². The van der Waals surface area contributed by atoms with Gasteiger partial charge in [-0.1, -0.05) is 50.8 Å². The number of benzene rings is 1. The summed E-state index contributed by atoms with van der Waals surface area (Å²) in [5.74, 6) is -0.0138. The van der Waals surface area contributed by atoms with E-state index in [0.717, 1.165) is 37.9 Å². The third kappa shape index (κ3) is 4.93. The van der Waals surface area contributed by atoms with Gasteiger partial charge in [0.2, 0.25) is 5.91 Å². The molecule has 5 nitrogen and oxygen atoms in total. The van der Waals surface area contributed by atoms with Gasteiger partial charge >= 0.3 is 0 Å². The number of unbranched alkanes of at least 4 members (excludes halogenated alkanes) is 1. The second-order valence-electron chi connectivity index (χ2n) is 8.34. The molecule has 1 atom stereocenters. The molecule has 1 saturated carbocycles. The Morgan fingerprint density at radius 1 is 1.14 bits per heavy atom. The summed E-state index contributed by atoms with van der Waals surface area (Å²) in [6, 6.07) is 7.37. The second kappa shape index (κ2) is 10.1. The minimum atomic E-state index is -0.480. The second-order valence-corrected chi connectivity index (χ2v) is 8.34.